The number of piperazine rings is 1. The lowest BCUT2D eigenvalue weighted by Gasteiger charge is -2.34. The number of thiazole rings is 1. The van der Waals surface area contributed by atoms with Crippen LogP contribution in [0.1, 0.15) is 11.3 Å². The first-order chi connectivity index (χ1) is 10.8. The zero-order valence-corrected chi connectivity index (χ0v) is 13.9. The van der Waals surface area contributed by atoms with Crippen LogP contribution in [0.4, 0.5) is 0 Å². The highest BCUT2D eigenvalue weighted by Crippen LogP contribution is 2.20. The van der Waals surface area contributed by atoms with Crippen LogP contribution in [0.2, 0.25) is 0 Å². The fraction of sp³-hybridized carbons (Fsp3) is 0.471. The van der Waals surface area contributed by atoms with Gasteiger partial charge < -0.3 is 9.64 Å². The van der Waals surface area contributed by atoms with Crippen molar-refractivity contribution in [2.75, 3.05) is 39.8 Å². The maximum atomic E-state index is 5.44. The van der Waals surface area contributed by atoms with Crippen LogP contribution < -0.4 is 4.74 Å². The lowest BCUT2D eigenvalue weighted by Crippen LogP contribution is -2.46. The molecule has 0 aliphatic carbocycles. The number of aromatic nitrogens is 1. The number of ether oxygens (including phenoxy) is 1. The number of nitrogens with zero attached hydrogens (tertiary/aromatic N) is 3. The Balaban J connectivity index is 1.45. The van der Waals surface area contributed by atoms with Crippen molar-refractivity contribution < 1.29 is 4.74 Å². The molecule has 0 spiro atoms. The second kappa shape index (κ2) is 7.72. The Morgan fingerprint density at radius 1 is 1.14 bits per heavy atom. The molecular weight excluding hydrogens is 294 g/mol. The number of para-hydroxylation sites is 1. The van der Waals surface area contributed by atoms with Crippen molar-refractivity contribution in [3.05, 3.63) is 46.4 Å². The van der Waals surface area contributed by atoms with Crippen molar-refractivity contribution in [2.24, 2.45) is 0 Å². The van der Waals surface area contributed by atoms with Crippen LogP contribution in [-0.4, -0.2) is 54.6 Å². The minimum Gasteiger partial charge on any atom is -0.496 e. The summed E-state index contributed by atoms with van der Waals surface area (Å²) in [4.78, 5) is 9.41. The standard InChI is InChI=1S/C17H23N3OS/c1-21-17-5-3-2-4-15(17)12-20-10-8-19(9-11-20)7-6-16-13-22-14-18-16/h2-5,13-14H,6-12H2,1H3. The van der Waals surface area contributed by atoms with Gasteiger partial charge in [-0.1, -0.05) is 18.2 Å². The average molecular weight is 317 g/mol. The summed E-state index contributed by atoms with van der Waals surface area (Å²) in [7, 11) is 1.75. The summed E-state index contributed by atoms with van der Waals surface area (Å²) >= 11 is 1.68. The molecule has 5 heteroatoms. The van der Waals surface area contributed by atoms with Crippen LogP contribution in [-0.2, 0) is 13.0 Å². The lowest BCUT2D eigenvalue weighted by atomic mass is 10.1. The molecular formula is C17H23N3OS. The molecule has 0 saturated carbocycles. The molecule has 118 valence electrons. The maximum Gasteiger partial charge on any atom is 0.123 e. The third-order valence-corrected chi connectivity index (χ3v) is 4.85. The van der Waals surface area contributed by atoms with Crippen molar-refractivity contribution in [3.63, 3.8) is 0 Å². The molecule has 2 aromatic rings. The highest BCUT2D eigenvalue weighted by Gasteiger charge is 2.17. The fourth-order valence-corrected chi connectivity index (χ4v) is 3.47. The molecule has 0 bridgehead atoms. The molecule has 0 atom stereocenters. The summed E-state index contributed by atoms with van der Waals surface area (Å²) in [5.74, 6) is 0.994. The quantitative estimate of drug-likeness (QED) is 0.818. The molecule has 4 nitrogen and oxygen atoms in total. The summed E-state index contributed by atoms with van der Waals surface area (Å²) in [5.41, 5.74) is 4.42. The Hall–Kier alpha value is -1.43. The first-order valence-electron chi connectivity index (χ1n) is 7.79. The van der Waals surface area contributed by atoms with Gasteiger partial charge in [0.1, 0.15) is 5.75 Å². The summed E-state index contributed by atoms with van der Waals surface area (Å²) in [6.07, 6.45) is 1.07. The van der Waals surface area contributed by atoms with E-state index in [1.165, 1.54) is 11.3 Å². The summed E-state index contributed by atoms with van der Waals surface area (Å²) in [6, 6.07) is 8.31. The van der Waals surface area contributed by atoms with Gasteiger partial charge in [0.15, 0.2) is 0 Å². The van der Waals surface area contributed by atoms with Gasteiger partial charge >= 0.3 is 0 Å². The van der Waals surface area contributed by atoms with Crippen LogP contribution in [0.25, 0.3) is 0 Å². The Morgan fingerprint density at radius 2 is 1.91 bits per heavy atom. The molecule has 1 aliphatic rings. The molecule has 0 radical (unpaired) electrons. The van der Waals surface area contributed by atoms with E-state index in [0.717, 1.165) is 51.4 Å². The summed E-state index contributed by atoms with van der Waals surface area (Å²) in [6.45, 7) is 6.61. The highest BCUT2D eigenvalue weighted by molar-refractivity contribution is 7.07. The summed E-state index contributed by atoms with van der Waals surface area (Å²) < 4.78 is 5.44. The van der Waals surface area contributed by atoms with Gasteiger partial charge in [0.2, 0.25) is 0 Å². The zero-order valence-electron chi connectivity index (χ0n) is 13.1. The monoisotopic (exact) mass is 317 g/mol. The van der Waals surface area contributed by atoms with Crippen molar-refractivity contribution in [1.82, 2.24) is 14.8 Å². The Bertz CT molecular complexity index is 565. The lowest BCUT2D eigenvalue weighted by molar-refractivity contribution is 0.127. The Morgan fingerprint density at radius 3 is 2.64 bits per heavy atom. The van der Waals surface area contributed by atoms with Crippen molar-refractivity contribution in [2.45, 2.75) is 13.0 Å². The number of methoxy groups -OCH3 is 1. The van der Waals surface area contributed by atoms with Crippen molar-refractivity contribution in [1.29, 1.82) is 0 Å². The normalized spacial score (nSPS) is 16.8. The first kappa shape index (κ1) is 15.5. The predicted molar refractivity (Wildman–Crippen MR) is 90.5 cm³/mol. The van der Waals surface area contributed by atoms with E-state index >= 15 is 0 Å². The highest BCUT2D eigenvalue weighted by atomic mass is 32.1. The minimum absolute atomic E-state index is 0.976. The molecule has 0 amide bonds. The zero-order chi connectivity index (χ0) is 15.2. The molecule has 1 aromatic carbocycles. The number of hydrogen-bond donors (Lipinski definition) is 0. The number of hydrogen-bond acceptors (Lipinski definition) is 5. The second-order valence-corrected chi connectivity index (χ2v) is 6.38. The van der Waals surface area contributed by atoms with Gasteiger partial charge in [-0.15, -0.1) is 11.3 Å². The number of benzene rings is 1. The SMILES string of the molecule is COc1ccccc1CN1CCN(CCc2cscn2)CC1. The fourth-order valence-electron chi connectivity index (χ4n) is 2.88. The van der Waals surface area contributed by atoms with Gasteiger partial charge in [-0.25, -0.2) is 4.98 Å². The first-order valence-corrected chi connectivity index (χ1v) is 8.73. The minimum atomic E-state index is 0.976. The van der Waals surface area contributed by atoms with Crippen LogP contribution in [0, 0.1) is 0 Å². The van der Waals surface area contributed by atoms with Crippen LogP contribution in [0.15, 0.2) is 35.2 Å². The average Bonchev–Trinajstić information content (AvgIpc) is 3.08. The molecule has 0 unspecified atom stereocenters. The van der Waals surface area contributed by atoms with E-state index in [1.807, 2.05) is 17.6 Å². The topological polar surface area (TPSA) is 28.6 Å². The Kier molecular flexibility index (Phi) is 5.43. The Labute approximate surface area is 136 Å². The third-order valence-electron chi connectivity index (χ3n) is 4.22. The van der Waals surface area contributed by atoms with Crippen LogP contribution in [0.5, 0.6) is 5.75 Å². The predicted octanol–water partition coefficient (Wildman–Crippen LogP) is 2.51. The van der Waals surface area contributed by atoms with E-state index in [4.69, 9.17) is 4.74 Å². The van der Waals surface area contributed by atoms with Gasteiger partial charge in [-0.2, -0.15) is 0 Å². The van der Waals surface area contributed by atoms with Gasteiger partial charge in [-0.3, -0.25) is 4.90 Å². The molecule has 22 heavy (non-hydrogen) atoms. The second-order valence-electron chi connectivity index (χ2n) is 5.66. The third kappa shape index (κ3) is 4.06. The van der Waals surface area contributed by atoms with Crippen LogP contribution >= 0.6 is 11.3 Å². The van der Waals surface area contributed by atoms with E-state index < -0.39 is 0 Å². The molecule has 1 saturated heterocycles. The molecule has 0 N–H and O–H groups in total. The van der Waals surface area contributed by atoms with Crippen molar-refractivity contribution >= 4 is 11.3 Å². The van der Waals surface area contributed by atoms with E-state index in [-0.39, 0.29) is 0 Å². The van der Waals surface area contributed by atoms with E-state index in [1.54, 1.807) is 18.4 Å². The molecule has 1 aromatic heterocycles. The molecule has 1 aliphatic heterocycles. The smallest absolute Gasteiger partial charge is 0.123 e. The van der Waals surface area contributed by atoms with Crippen LogP contribution in [0.3, 0.4) is 0 Å². The largest absolute Gasteiger partial charge is 0.496 e. The molecule has 1 fully saturated rings. The van der Waals surface area contributed by atoms with Gasteiger partial charge in [-0.05, 0) is 6.07 Å². The maximum absolute atomic E-state index is 5.44. The molecule has 3 rings (SSSR count). The van der Waals surface area contributed by atoms with E-state index in [9.17, 15) is 0 Å². The van der Waals surface area contributed by atoms with E-state index in [2.05, 4.69) is 32.3 Å². The number of rotatable bonds is 6. The van der Waals surface area contributed by atoms with Crippen molar-refractivity contribution in [3.8, 4) is 5.75 Å². The van der Waals surface area contributed by atoms with Gasteiger partial charge in [0.25, 0.3) is 0 Å². The summed E-state index contributed by atoms with van der Waals surface area (Å²) in [5, 5.41) is 2.15. The van der Waals surface area contributed by atoms with Gasteiger partial charge in [0.05, 0.1) is 18.3 Å². The molecule has 2 heterocycles. The van der Waals surface area contributed by atoms with E-state index in [0.29, 0.717) is 0 Å². The van der Waals surface area contributed by atoms with Gasteiger partial charge in [0, 0.05) is 56.6 Å².